The SMILES string of the molecule is CCCCCCCCCc1ccc([P+](O)(O)O)cc1. The quantitative estimate of drug-likeness (QED) is 0.481. The van der Waals surface area contributed by atoms with E-state index in [4.69, 9.17) is 14.7 Å². The molecule has 1 aromatic rings. The van der Waals surface area contributed by atoms with Crippen LogP contribution in [0.4, 0.5) is 0 Å². The molecule has 0 spiro atoms. The second-order valence-electron chi connectivity index (χ2n) is 5.11. The highest BCUT2D eigenvalue weighted by Crippen LogP contribution is 2.42. The summed E-state index contributed by atoms with van der Waals surface area (Å²) in [7, 11) is -3.84. The summed E-state index contributed by atoms with van der Waals surface area (Å²) >= 11 is 0. The fourth-order valence-electron chi connectivity index (χ4n) is 2.15. The molecule has 108 valence electrons. The Bertz CT molecular complexity index is 343. The van der Waals surface area contributed by atoms with Crippen LogP contribution in [0.25, 0.3) is 0 Å². The Morgan fingerprint density at radius 2 is 1.32 bits per heavy atom. The molecule has 0 atom stereocenters. The molecule has 0 aliphatic heterocycles. The lowest BCUT2D eigenvalue weighted by Crippen LogP contribution is -2.08. The normalized spacial score (nSPS) is 11.8. The van der Waals surface area contributed by atoms with Gasteiger partial charge < -0.3 is 0 Å². The molecule has 0 aromatic heterocycles. The molecule has 0 unspecified atom stereocenters. The van der Waals surface area contributed by atoms with Crippen molar-refractivity contribution in [3.63, 3.8) is 0 Å². The highest BCUT2D eigenvalue weighted by atomic mass is 31.2. The average molecular weight is 285 g/mol. The first-order chi connectivity index (χ1) is 9.04. The van der Waals surface area contributed by atoms with Crippen LogP contribution in [-0.4, -0.2) is 14.7 Å². The van der Waals surface area contributed by atoms with Gasteiger partial charge in [0.25, 0.3) is 0 Å². The standard InChI is InChI=1S/C15H26O3P/c1-2-3-4-5-6-7-8-9-14-10-12-15(13-11-14)19(16,17)18/h10-13,16-18H,2-9H2,1H3/q+1. The first kappa shape index (κ1) is 16.6. The van der Waals surface area contributed by atoms with Crippen LogP contribution < -0.4 is 5.30 Å². The van der Waals surface area contributed by atoms with E-state index in [0.717, 1.165) is 6.42 Å². The molecule has 0 bridgehead atoms. The smallest absolute Gasteiger partial charge is 0.189 e. The van der Waals surface area contributed by atoms with Gasteiger partial charge in [0.05, 0.1) is 0 Å². The topological polar surface area (TPSA) is 60.7 Å². The molecule has 4 heteroatoms. The van der Waals surface area contributed by atoms with Crippen molar-refractivity contribution in [2.75, 3.05) is 0 Å². The molecule has 0 radical (unpaired) electrons. The van der Waals surface area contributed by atoms with Crippen molar-refractivity contribution in [3.05, 3.63) is 29.8 Å². The van der Waals surface area contributed by atoms with Crippen molar-refractivity contribution in [3.8, 4) is 0 Å². The second kappa shape index (κ2) is 8.65. The van der Waals surface area contributed by atoms with E-state index in [-0.39, 0.29) is 5.30 Å². The lowest BCUT2D eigenvalue weighted by atomic mass is 10.0. The molecule has 0 saturated heterocycles. The van der Waals surface area contributed by atoms with E-state index in [1.807, 2.05) is 12.1 Å². The number of rotatable bonds is 9. The van der Waals surface area contributed by atoms with Crippen LogP contribution in [0.2, 0.25) is 0 Å². The number of benzene rings is 1. The zero-order chi connectivity index (χ0) is 14.1. The van der Waals surface area contributed by atoms with Crippen LogP contribution in [0, 0.1) is 0 Å². The summed E-state index contributed by atoms with van der Waals surface area (Å²) in [6.07, 6.45) is 10.1. The minimum Gasteiger partial charge on any atom is -0.189 e. The molecule has 0 fully saturated rings. The monoisotopic (exact) mass is 285 g/mol. The van der Waals surface area contributed by atoms with Gasteiger partial charge >= 0.3 is 7.94 Å². The predicted molar refractivity (Wildman–Crippen MR) is 81.3 cm³/mol. The van der Waals surface area contributed by atoms with Crippen LogP contribution in [0.1, 0.15) is 57.4 Å². The second-order valence-corrected chi connectivity index (χ2v) is 6.76. The third-order valence-corrected chi connectivity index (χ3v) is 4.34. The Hall–Kier alpha value is -0.470. The highest BCUT2D eigenvalue weighted by Gasteiger charge is 2.33. The molecular formula is C15H26O3P+. The molecule has 0 amide bonds. The summed E-state index contributed by atoms with van der Waals surface area (Å²) in [4.78, 5) is 27.4. The molecule has 0 heterocycles. The minimum absolute atomic E-state index is 0.218. The molecular weight excluding hydrogens is 259 g/mol. The number of aryl methyl sites for hydroxylation is 1. The Balaban J connectivity index is 2.20. The van der Waals surface area contributed by atoms with Crippen LogP contribution in [-0.2, 0) is 6.42 Å². The fraction of sp³-hybridized carbons (Fsp3) is 0.600. The van der Waals surface area contributed by atoms with E-state index in [0.29, 0.717) is 0 Å². The zero-order valence-corrected chi connectivity index (χ0v) is 12.6. The van der Waals surface area contributed by atoms with Crippen molar-refractivity contribution in [2.45, 2.75) is 58.3 Å². The number of hydrogen-bond acceptors (Lipinski definition) is 3. The molecule has 0 aliphatic carbocycles. The third-order valence-electron chi connectivity index (χ3n) is 3.35. The van der Waals surface area contributed by atoms with Crippen molar-refractivity contribution < 1.29 is 14.7 Å². The summed E-state index contributed by atoms with van der Waals surface area (Å²) in [5.41, 5.74) is 1.19. The van der Waals surface area contributed by atoms with Gasteiger partial charge in [-0.05, 0) is 30.5 Å². The summed E-state index contributed by atoms with van der Waals surface area (Å²) in [6.45, 7) is 2.23. The summed E-state index contributed by atoms with van der Waals surface area (Å²) < 4.78 is 0. The third kappa shape index (κ3) is 7.03. The Morgan fingerprint density at radius 3 is 1.84 bits per heavy atom. The minimum atomic E-state index is -3.84. The first-order valence-electron chi connectivity index (χ1n) is 7.21. The van der Waals surface area contributed by atoms with E-state index < -0.39 is 7.94 Å². The molecule has 0 aliphatic rings. The summed E-state index contributed by atoms with van der Waals surface area (Å²) in [5.74, 6) is 0. The van der Waals surface area contributed by atoms with Gasteiger partial charge in [0.1, 0.15) is 0 Å². The van der Waals surface area contributed by atoms with Crippen molar-refractivity contribution in [1.82, 2.24) is 0 Å². The zero-order valence-electron chi connectivity index (χ0n) is 11.8. The van der Waals surface area contributed by atoms with E-state index in [1.165, 1.54) is 50.5 Å². The molecule has 3 nitrogen and oxygen atoms in total. The molecule has 0 saturated carbocycles. The van der Waals surface area contributed by atoms with Crippen LogP contribution in [0.3, 0.4) is 0 Å². The summed E-state index contributed by atoms with van der Waals surface area (Å²) in [5, 5.41) is 0.218. The molecule has 1 rings (SSSR count). The predicted octanol–water partition coefficient (Wildman–Crippen LogP) is 3.34. The Morgan fingerprint density at radius 1 is 0.789 bits per heavy atom. The Labute approximate surface area is 116 Å². The van der Waals surface area contributed by atoms with Gasteiger partial charge in [-0.25, -0.2) is 0 Å². The molecule has 3 N–H and O–H groups in total. The van der Waals surface area contributed by atoms with Gasteiger partial charge in [0.2, 0.25) is 0 Å². The van der Waals surface area contributed by atoms with Gasteiger partial charge in [-0.3, -0.25) is 0 Å². The summed E-state index contributed by atoms with van der Waals surface area (Å²) in [6, 6.07) is 6.93. The van der Waals surface area contributed by atoms with E-state index >= 15 is 0 Å². The van der Waals surface area contributed by atoms with E-state index in [1.54, 1.807) is 12.1 Å². The van der Waals surface area contributed by atoms with Gasteiger partial charge in [-0.1, -0.05) is 57.6 Å². The van der Waals surface area contributed by atoms with Crippen LogP contribution in [0.5, 0.6) is 0 Å². The van der Waals surface area contributed by atoms with Gasteiger partial charge in [0, 0.05) is 0 Å². The average Bonchev–Trinajstić information content (AvgIpc) is 2.37. The maximum absolute atomic E-state index is 9.12. The Kier molecular flexibility index (Phi) is 7.55. The van der Waals surface area contributed by atoms with Crippen molar-refractivity contribution in [2.24, 2.45) is 0 Å². The van der Waals surface area contributed by atoms with E-state index in [2.05, 4.69) is 6.92 Å². The number of hydrogen-bond donors (Lipinski definition) is 3. The van der Waals surface area contributed by atoms with Gasteiger partial charge in [0.15, 0.2) is 5.30 Å². The molecule has 19 heavy (non-hydrogen) atoms. The van der Waals surface area contributed by atoms with Gasteiger partial charge in [-0.2, -0.15) is 14.7 Å². The van der Waals surface area contributed by atoms with Crippen LogP contribution in [0.15, 0.2) is 24.3 Å². The van der Waals surface area contributed by atoms with E-state index in [9.17, 15) is 0 Å². The highest BCUT2D eigenvalue weighted by molar-refractivity contribution is 7.66. The largest absolute Gasteiger partial charge is 0.440 e. The maximum atomic E-state index is 9.12. The van der Waals surface area contributed by atoms with Crippen molar-refractivity contribution in [1.29, 1.82) is 0 Å². The maximum Gasteiger partial charge on any atom is 0.440 e. The lowest BCUT2D eigenvalue weighted by Gasteiger charge is -2.05. The number of unbranched alkanes of at least 4 members (excludes halogenated alkanes) is 6. The van der Waals surface area contributed by atoms with Gasteiger partial charge in [-0.15, -0.1) is 0 Å². The lowest BCUT2D eigenvalue weighted by molar-refractivity contribution is 0.347. The fourth-order valence-corrected chi connectivity index (χ4v) is 2.70. The first-order valence-corrected chi connectivity index (χ1v) is 8.85. The van der Waals surface area contributed by atoms with Crippen LogP contribution >= 0.6 is 7.94 Å². The van der Waals surface area contributed by atoms with Crippen molar-refractivity contribution >= 4 is 13.2 Å². The molecule has 1 aromatic carbocycles.